The van der Waals surface area contributed by atoms with E-state index in [1.165, 1.54) is 12.1 Å². The van der Waals surface area contributed by atoms with E-state index in [9.17, 15) is 14.7 Å². The van der Waals surface area contributed by atoms with E-state index in [0.717, 1.165) is 0 Å². The van der Waals surface area contributed by atoms with Crippen LogP contribution in [0.1, 0.15) is 22.2 Å². The Balaban J connectivity index is 1.92. The van der Waals surface area contributed by atoms with E-state index in [1.807, 2.05) is 0 Å². The summed E-state index contributed by atoms with van der Waals surface area (Å²) in [6, 6.07) is 11.1. The molecule has 1 aromatic heterocycles. The average Bonchev–Trinajstić information content (AvgIpc) is 2.53. The highest BCUT2D eigenvalue weighted by atomic mass is 35.5. The molecular formula is C13H11ClN4O3. The molecule has 3 N–H and O–H groups in total. The molecule has 0 fully saturated rings. The predicted octanol–water partition coefficient (Wildman–Crippen LogP) is 0.625. The summed E-state index contributed by atoms with van der Waals surface area (Å²) in [6.45, 7) is 0. The quantitative estimate of drug-likeness (QED) is 0.721. The molecule has 21 heavy (non-hydrogen) atoms. The van der Waals surface area contributed by atoms with Gasteiger partial charge in [-0.2, -0.15) is 0 Å². The molecule has 0 radical (unpaired) electrons. The van der Waals surface area contributed by atoms with Gasteiger partial charge in [-0.15, -0.1) is 10.2 Å². The number of hydrogen-bond acceptors (Lipinski definition) is 5. The van der Waals surface area contributed by atoms with Gasteiger partial charge >= 0.3 is 0 Å². The van der Waals surface area contributed by atoms with Crippen LogP contribution in [0.2, 0.25) is 5.15 Å². The number of carbonyl (C=O) groups is 2. The van der Waals surface area contributed by atoms with Crippen molar-refractivity contribution < 1.29 is 14.7 Å². The van der Waals surface area contributed by atoms with Crippen LogP contribution in [0.3, 0.4) is 0 Å². The summed E-state index contributed by atoms with van der Waals surface area (Å²) < 4.78 is 0. The number of amides is 2. The lowest BCUT2D eigenvalue weighted by atomic mass is 10.1. The van der Waals surface area contributed by atoms with Crippen molar-refractivity contribution in [3.63, 3.8) is 0 Å². The SMILES string of the molecule is O=C(NNC(=O)C(O)c1ccccc1)c1ccc(Cl)nn1. The number of rotatable bonds is 3. The molecule has 1 unspecified atom stereocenters. The minimum Gasteiger partial charge on any atom is -0.378 e. The number of aliphatic hydroxyl groups is 1. The fourth-order valence-electron chi connectivity index (χ4n) is 1.47. The van der Waals surface area contributed by atoms with Crippen molar-refractivity contribution in [3.8, 4) is 0 Å². The zero-order chi connectivity index (χ0) is 15.2. The molecule has 0 saturated heterocycles. The highest BCUT2D eigenvalue weighted by Gasteiger charge is 2.18. The number of hydrazine groups is 1. The van der Waals surface area contributed by atoms with Crippen LogP contribution in [0.15, 0.2) is 42.5 Å². The molecule has 0 aliphatic heterocycles. The number of hydrogen-bond donors (Lipinski definition) is 3. The van der Waals surface area contributed by atoms with Crippen molar-refractivity contribution in [1.82, 2.24) is 21.0 Å². The molecule has 1 aromatic carbocycles. The van der Waals surface area contributed by atoms with Crippen molar-refractivity contribution in [2.24, 2.45) is 0 Å². The van der Waals surface area contributed by atoms with Gasteiger partial charge in [0, 0.05) is 0 Å². The summed E-state index contributed by atoms with van der Waals surface area (Å²) in [7, 11) is 0. The van der Waals surface area contributed by atoms with Crippen molar-refractivity contribution >= 4 is 23.4 Å². The summed E-state index contributed by atoms with van der Waals surface area (Å²) in [6.07, 6.45) is -1.39. The van der Waals surface area contributed by atoms with Crippen LogP contribution in [-0.2, 0) is 4.79 Å². The fourth-order valence-corrected chi connectivity index (χ4v) is 1.58. The first kappa shape index (κ1) is 14.9. The average molecular weight is 307 g/mol. The van der Waals surface area contributed by atoms with Gasteiger partial charge in [-0.1, -0.05) is 41.9 Å². The van der Waals surface area contributed by atoms with E-state index in [2.05, 4.69) is 21.0 Å². The largest absolute Gasteiger partial charge is 0.378 e. The van der Waals surface area contributed by atoms with Gasteiger partial charge in [0.1, 0.15) is 0 Å². The Labute approximate surface area is 124 Å². The second kappa shape index (κ2) is 6.78. The van der Waals surface area contributed by atoms with Gasteiger partial charge < -0.3 is 5.11 Å². The predicted molar refractivity (Wildman–Crippen MR) is 74.1 cm³/mol. The van der Waals surface area contributed by atoms with Crippen LogP contribution in [-0.4, -0.2) is 27.1 Å². The molecule has 2 aromatic rings. The van der Waals surface area contributed by atoms with Gasteiger partial charge in [-0.3, -0.25) is 20.4 Å². The Morgan fingerprint density at radius 1 is 1.05 bits per heavy atom. The summed E-state index contributed by atoms with van der Waals surface area (Å²) in [5.74, 6) is -1.44. The number of aliphatic hydroxyl groups excluding tert-OH is 1. The maximum atomic E-state index is 11.7. The summed E-state index contributed by atoms with van der Waals surface area (Å²) in [5.41, 5.74) is 4.62. The highest BCUT2D eigenvalue weighted by molar-refractivity contribution is 6.29. The third kappa shape index (κ3) is 3.98. The van der Waals surface area contributed by atoms with Crippen LogP contribution in [0.5, 0.6) is 0 Å². The van der Waals surface area contributed by atoms with Crippen LogP contribution in [0, 0.1) is 0 Å². The summed E-state index contributed by atoms with van der Waals surface area (Å²) in [5, 5.41) is 17.0. The van der Waals surface area contributed by atoms with Crippen LogP contribution in [0.25, 0.3) is 0 Å². The van der Waals surface area contributed by atoms with Gasteiger partial charge in [-0.25, -0.2) is 0 Å². The Hall–Kier alpha value is -2.51. The van der Waals surface area contributed by atoms with Crippen LogP contribution >= 0.6 is 11.6 Å². The molecule has 1 heterocycles. The molecule has 108 valence electrons. The van der Waals surface area contributed by atoms with Gasteiger partial charge in [0.05, 0.1) is 0 Å². The molecule has 0 saturated carbocycles. The van der Waals surface area contributed by atoms with Crippen molar-refractivity contribution in [1.29, 1.82) is 0 Å². The Bertz CT molecular complexity index is 634. The smallest absolute Gasteiger partial charge is 0.290 e. The number of nitrogens with one attached hydrogen (secondary N) is 2. The summed E-state index contributed by atoms with van der Waals surface area (Å²) in [4.78, 5) is 23.4. The lowest BCUT2D eigenvalue weighted by Gasteiger charge is -2.12. The van der Waals surface area contributed by atoms with E-state index in [0.29, 0.717) is 5.56 Å². The zero-order valence-electron chi connectivity index (χ0n) is 10.7. The topological polar surface area (TPSA) is 104 Å². The first-order chi connectivity index (χ1) is 10.1. The Morgan fingerprint density at radius 3 is 2.38 bits per heavy atom. The molecular weight excluding hydrogens is 296 g/mol. The normalized spacial score (nSPS) is 11.5. The monoisotopic (exact) mass is 306 g/mol. The molecule has 7 nitrogen and oxygen atoms in total. The van der Waals surface area contributed by atoms with Gasteiger partial charge in [-0.05, 0) is 17.7 Å². The minimum atomic E-state index is -1.39. The molecule has 0 spiro atoms. The molecule has 0 bridgehead atoms. The van der Waals surface area contributed by atoms with Crippen molar-refractivity contribution in [2.45, 2.75) is 6.10 Å². The Kier molecular flexibility index (Phi) is 4.81. The van der Waals surface area contributed by atoms with Gasteiger partial charge in [0.25, 0.3) is 11.8 Å². The van der Waals surface area contributed by atoms with E-state index in [-0.39, 0.29) is 10.8 Å². The minimum absolute atomic E-state index is 0.0195. The first-order valence-electron chi connectivity index (χ1n) is 5.90. The molecule has 1 atom stereocenters. The Morgan fingerprint density at radius 2 is 1.76 bits per heavy atom. The molecule has 0 aliphatic carbocycles. The highest BCUT2D eigenvalue weighted by Crippen LogP contribution is 2.11. The maximum Gasteiger partial charge on any atom is 0.290 e. The third-order valence-corrected chi connectivity index (χ3v) is 2.73. The lowest BCUT2D eigenvalue weighted by molar-refractivity contribution is -0.130. The number of nitrogens with zero attached hydrogens (tertiary/aromatic N) is 2. The van der Waals surface area contributed by atoms with E-state index >= 15 is 0 Å². The molecule has 8 heteroatoms. The standard InChI is InChI=1S/C13H11ClN4O3/c14-10-7-6-9(15-16-10)12(20)17-18-13(21)11(19)8-4-2-1-3-5-8/h1-7,11,19H,(H,17,20)(H,18,21). The second-order valence-corrected chi connectivity index (χ2v) is 4.39. The van der Waals surface area contributed by atoms with Crippen molar-refractivity contribution in [3.05, 3.63) is 58.9 Å². The zero-order valence-corrected chi connectivity index (χ0v) is 11.4. The fraction of sp³-hybridized carbons (Fsp3) is 0.0769. The summed E-state index contributed by atoms with van der Waals surface area (Å²) >= 11 is 5.55. The first-order valence-corrected chi connectivity index (χ1v) is 6.28. The number of carbonyl (C=O) groups excluding carboxylic acids is 2. The van der Waals surface area contributed by atoms with E-state index in [4.69, 9.17) is 11.6 Å². The van der Waals surface area contributed by atoms with E-state index < -0.39 is 17.9 Å². The van der Waals surface area contributed by atoms with Crippen LogP contribution < -0.4 is 10.9 Å². The number of benzene rings is 1. The second-order valence-electron chi connectivity index (χ2n) is 4.00. The number of aromatic nitrogens is 2. The van der Waals surface area contributed by atoms with Crippen LogP contribution in [0.4, 0.5) is 0 Å². The third-order valence-electron chi connectivity index (χ3n) is 2.53. The lowest BCUT2D eigenvalue weighted by Crippen LogP contribution is -2.44. The molecule has 2 amide bonds. The molecule has 2 rings (SSSR count). The number of halogens is 1. The maximum absolute atomic E-state index is 11.7. The molecule has 0 aliphatic rings. The van der Waals surface area contributed by atoms with Crippen molar-refractivity contribution in [2.75, 3.05) is 0 Å². The van der Waals surface area contributed by atoms with Gasteiger partial charge in [0.15, 0.2) is 17.0 Å². The van der Waals surface area contributed by atoms with E-state index in [1.54, 1.807) is 30.3 Å². The van der Waals surface area contributed by atoms with Gasteiger partial charge in [0.2, 0.25) is 0 Å².